The Hall–Kier alpha value is -3.17. The lowest BCUT2D eigenvalue weighted by Gasteiger charge is -2.32. The summed E-state index contributed by atoms with van der Waals surface area (Å²) in [4.78, 5) is 32.7. The van der Waals surface area contributed by atoms with Gasteiger partial charge in [0.1, 0.15) is 5.56 Å². The van der Waals surface area contributed by atoms with Crippen LogP contribution in [0.3, 0.4) is 0 Å². The molecule has 174 valence electrons. The molecule has 1 aromatic heterocycles. The average molecular weight is 469 g/mol. The van der Waals surface area contributed by atoms with E-state index in [9.17, 15) is 18.0 Å². The van der Waals surface area contributed by atoms with Crippen LogP contribution in [0, 0.1) is 0 Å². The fourth-order valence-corrected chi connectivity index (χ4v) is 4.94. The number of sulfonamides is 1. The molecule has 2 aromatic carbocycles. The molecule has 0 atom stereocenters. The van der Waals surface area contributed by atoms with Crippen molar-refractivity contribution in [3.05, 3.63) is 70.0 Å². The van der Waals surface area contributed by atoms with Crippen LogP contribution in [0.15, 0.2) is 58.4 Å². The van der Waals surface area contributed by atoms with E-state index >= 15 is 0 Å². The van der Waals surface area contributed by atoms with Gasteiger partial charge in [-0.3, -0.25) is 14.3 Å². The molecule has 0 radical (unpaired) electrons. The molecule has 2 N–H and O–H groups in total. The Morgan fingerprint density at radius 1 is 1.03 bits per heavy atom. The molecule has 4 rings (SSSR count). The number of carbonyl (C=O) groups is 1. The number of amides is 1. The number of aromatic amines is 1. The lowest BCUT2D eigenvalue weighted by Crippen LogP contribution is -2.48. The van der Waals surface area contributed by atoms with Gasteiger partial charge in [0.05, 0.1) is 4.90 Å². The number of likely N-dealkylation sites (N-methyl/N-ethyl adjacent to an activating group) is 1. The van der Waals surface area contributed by atoms with Gasteiger partial charge >= 0.3 is 0 Å². The quantitative estimate of drug-likeness (QED) is 0.600. The molecule has 2 heterocycles. The van der Waals surface area contributed by atoms with Crippen molar-refractivity contribution < 1.29 is 13.2 Å². The predicted octanol–water partition coefficient (Wildman–Crippen LogP) is 2.84. The fraction of sp³-hybridized carbons (Fsp3) is 0.333. The maximum Gasteiger partial charge on any atom is 0.261 e. The number of hydrogen-bond donors (Lipinski definition) is 2. The van der Waals surface area contributed by atoms with Crippen LogP contribution < -0.4 is 10.2 Å². The minimum Gasteiger partial charge on any atom is -0.360 e. The third kappa shape index (κ3) is 4.79. The smallest absolute Gasteiger partial charge is 0.261 e. The fourth-order valence-electron chi connectivity index (χ4n) is 3.85. The van der Waals surface area contributed by atoms with Crippen molar-refractivity contribution in [1.82, 2.24) is 14.8 Å². The summed E-state index contributed by atoms with van der Waals surface area (Å²) >= 11 is 0. The average Bonchev–Trinajstić information content (AvgIpc) is 2.79. The molecule has 3 aromatic rings. The summed E-state index contributed by atoms with van der Waals surface area (Å²) in [6, 6.07) is 11.5. The highest BCUT2D eigenvalue weighted by Gasteiger charge is 2.24. The molecule has 9 heteroatoms. The minimum atomic E-state index is -3.92. The summed E-state index contributed by atoms with van der Waals surface area (Å²) in [5.41, 5.74) is 1.54. The first-order valence-electron chi connectivity index (χ1n) is 10.9. The third-order valence-corrected chi connectivity index (χ3v) is 7.39. The lowest BCUT2D eigenvalue weighted by atomic mass is 10.0. The second kappa shape index (κ2) is 8.99. The summed E-state index contributed by atoms with van der Waals surface area (Å²) < 4.78 is 28.5. The Kier molecular flexibility index (Phi) is 6.27. The maximum absolute atomic E-state index is 13.1. The van der Waals surface area contributed by atoms with Gasteiger partial charge in [-0.1, -0.05) is 26.0 Å². The van der Waals surface area contributed by atoms with Crippen molar-refractivity contribution in [2.45, 2.75) is 24.7 Å². The number of anilines is 1. The highest BCUT2D eigenvalue weighted by Crippen LogP contribution is 2.22. The van der Waals surface area contributed by atoms with E-state index in [1.54, 1.807) is 17.0 Å². The maximum atomic E-state index is 13.1. The van der Waals surface area contributed by atoms with E-state index in [2.05, 4.69) is 28.5 Å². The molecule has 0 bridgehead atoms. The number of fused-ring (bicyclic) bond motifs is 1. The zero-order valence-corrected chi connectivity index (χ0v) is 19.8. The van der Waals surface area contributed by atoms with Crippen molar-refractivity contribution in [2.75, 3.05) is 37.9 Å². The van der Waals surface area contributed by atoms with Crippen LogP contribution >= 0.6 is 0 Å². The van der Waals surface area contributed by atoms with Gasteiger partial charge in [0.25, 0.3) is 15.9 Å². The molecular weight excluding hydrogens is 440 g/mol. The molecule has 0 aliphatic carbocycles. The lowest BCUT2D eigenvalue weighted by molar-refractivity contribution is 0.0662. The summed E-state index contributed by atoms with van der Waals surface area (Å²) in [7, 11) is -1.93. The van der Waals surface area contributed by atoms with E-state index in [1.807, 2.05) is 19.2 Å². The zero-order valence-electron chi connectivity index (χ0n) is 19.0. The topological polar surface area (TPSA) is 103 Å². The monoisotopic (exact) mass is 468 g/mol. The Morgan fingerprint density at radius 2 is 1.70 bits per heavy atom. The van der Waals surface area contributed by atoms with E-state index in [0.29, 0.717) is 30.2 Å². The zero-order chi connectivity index (χ0) is 23.8. The van der Waals surface area contributed by atoms with Crippen molar-refractivity contribution in [3.8, 4) is 0 Å². The Bertz CT molecular complexity index is 1340. The minimum absolute atomic E-state index is 0.0128. The van der Waals surface area contributed by atoms with Gasteiger partial charge in [0.15, 0.2) is 0 Å². The first kappa shape index (κ1) is 23.0. The highest BCUT2D eigenvalue weighted by molar-refractivity contribution is 7.92. The number of carbonyl (C=O) groups excluding carboxylic acids is 1. The molecule has 0 saturated carbocycles. The predicted molar refractivity (Wildman–Crippen MR) is 129 cm³/mol. The number of nitrogens with one attached hydrogen (secondary N) is 2. The first-order chi connectivity index (χ1) is 15.7. The highest BCUT2D eigenvalue weighted by atomic mass is 32.2. The number of nitrogens with zero attached hydrogens (tertiary/aromatic N) is 2. The molecular formula is C24H28N4O4S. The summed E-state index contributed by atoms with van der Waals surface area (Å²) in [5, 5.41) is 0.160. The van der Waals surface area contributed by atoms with Crippen LogP contribution in [-0.2, 0) is 10.0 Å². The van der Waals surface area contributed by atoms with Gasteiger partial charge in [-0.15, -0.1) is 0 Å². The van der Waals surface area contributed by atoms with Gasteiger partial charge in [-0.05, 0) is 48.9 Å². The summed E-state index contributed by atoms with van der Waals surface area (Å²) in [6.07, 6.45) is 1.41. The van der Waals surface area contributed by atoms with Gasteiger partial charge in [-0.25, -0.2) is 8.42 Å². The molecule has 1 aliphatic heterocycles. The normalized spacial score (nSPS) is 15.2. The number of benzene rings is 2. The second-order valence-electron chi connectivity index (χ2n) is 8.72. The Morgan fingerprint density at radius 3 is 2.33 bits per heavy atom. The van der Waals surface area contributed by atoms with Crippen LogP contribution in [-0.4, -0.2) is 62.3 Å². The molecule has 1 saturated heterocycles. The third-order valence-electron chi connectivity index (χ3n) is 6.01. The molecule has 0 spiro atoms. The van der Waals surface area contributed by atoms with Crippen molar-refractivity contribution in [1.29, 1.82) is 0 Å². The van der Waals surface area contributed by atoms with E-state index in [-0.39, 0.29) is 21.8 Å². The van der Waals surface area contributed by atoms with Gasteiger partial charge < -0.3 is 14.8 Å². The summed E-state index contributed by atoms with van der Waals surface area (Å²) in [6.45, 7) is 6.69. The number of aromatic nitrogens is 1. The number of piperazine rings is 1. The van der Waals surface area contributed by atoms with E-state index in [0.717, 1.165) is 18.7 Å². The number of rotatable bonds is 5. The van der Waals surface area contributed by atoms with Crippen molar-refractivity contribution >= 4 is 32.5 Å². The standard InChI is InChI=1S/C24H28N4O4S/c1-16(2)17-4-6-18(7-5-17)26-33(31,32)19-8-9-22-20(14-19)23(29)21(15-25-22)24(30)28-12-10-27(3)11-13-28/h4-9,14-16,26H,10-13H2,1-3H3,(H,25,29). The van der Waals surface area contributed by atoms with Crippen molar-refractivity contribution in [2.24, 2.45) is 0 Å². The van der Waals surface area contributed by atoms with Gasteiger partial charge in [-0.2, -0.15) is 0 Å². The second-order valence-corrected chi connectivity index (χ2v) is 10.4. The number of hydrogen-bond acceptors (Lipinski definition) is 5. The SMILES string of the molecule is CC(C)c1ccc(NS(=O)(=O)c2ccc3[nH]cc(C(=O)N4CCN(C)CC4)c(=O)c3c2)cc1. The van der Waals surface area contributed by atoms with Crippen LogP contribution in [0.2, 0.25) is 0 Å². The van der Waals surface area contributed by atoms with Crippen LogP contribution in [0.5, 0.6) is 0 Å². The van der Waals surface area contributed by atoms with Crippen LogP contribution in [0.25, 0.3) is 10.9 Å². The molecule has 1 amide bonds. The van der Waals surface area contributed by atoms with Crippen LogP contribution in [0.4, 0.5) is 5.69 Å². The Balaban J connectivity index is 1.64. The number of pyridine rings is 1. The summed E-state index contributed by atoms with van der Waals surface area (Å²) in [5.74, 6) is -0.00602. The largest absolute Gasteiger partial charge is 0.360 e. The Labute approximate surface area is 193 Å². The number of H-pyrrole nitrogens is 1. The van der Waals surface area contributed by atoms with E-state index < -0.39 is 15.5 Å². The van der Waals surface area contributed by atoms with Crippen LogP contribution in [0.1, 0.15) is 35.7 Å². The van der Waals surface area contributed by atoms with Gasteiger partial charge in [0, 0.05) is 49.0 Å². The molecule has 1 fully saturated rings. The molecule has 1 aliphatic rings. The van der Waals surface area contributed by atoms with E-state index in [4.69, 9.17) is 0 Å². The van der Waals surface area contributed by atoms with Crippen molar-refractivity contribution in [3.63, 3.8) is 0 Å². The molecule has 33 heavy (non-hydrogen) atoms. The first-order valence-corrected chi connectivity index (χ1v) is 12.4. The molecule has 0 unspecified atom stereocenters. The molecule has 8 nitrogen and oxygen atoms in total. The van der Waals surface area contributed by atoms with Gasteiger partial charge in [0.2, 0.25) is 5.43 Å². The van der Waals surface area contributed by atoms with E-state index in [1.165, 1.54) is 24.4 Å².